The molecule has 0 spiro atoms. The Hall–Kier alpha value is -6.38. The van der Waals surface area contributed by atoms with E-state index in [2.05, 4.69) is 169 Å². The fourth-order valence-corrected chi connectivity index (χ4v) is 7.50. The molecule has 0 atom stereocenters. The van der Waals surface area contributed by atoms with Crippen molar-refractivity contribution in [3.05, 3.63) is 176 Å². The fourth-order valence-electron chi connectivity index (χ4n) is 7.50. The SMILES string of the molecule is c1ccc(N(c2ccc3ccc4c5ccccc5ccc4c3c2)c2ccc3oc4ccccc4c3c2)c(-c2ccc3ccccc3c2)c1. The van der Waals surface area contributed by atoms with Gasteiger partial charge in [-0.2, -0.15) is 0 Å². The summed E-state index contributed by atoms with van der Waals surface area (Å²) in [5.74, 6) is 0. The van der Waals surface area contributed by atoms with Gasteiger partial charge in [0.05, 0.1) is 5.69 Å². The Morgan fingerprint density at radius 2 is 0.917 bits per heavy atom. The highest BCUT2D eigenvalue weighted by Crippen LogP contribution is 2.44. The lowest BCUT2D eigenvalue weighted by molar-refractivity contribution is 0.669. The first-order chi connectivity index (χ1) is 23.8. The summed E-state index contributed by atoms with van der Waals surface area (Å²) in [4.78, 5) is 2.41. The van der Waals surface area contributed by atoms with Crippen LogP contribution in [0.3, 0.4) is 0 Å². The molecule has 2 nitrogen and oxygen atoms in total. The largest absolute Gasteiger partial charge is 0.456 e. The summed E-state index contributed by atoms with van der Waals surface area (Å²) in [7, 11) is 0. The normalized spacial score (nSPS) is 11.8. The first-order valence-corrected chi connectivity index (χ1v) is 16.4. The van der Waals surface area contributed by atoms with E-state index < -0.39 is 0 Å². The van der Waals surface area contributed by atoms with Gasteiger partial charge >= 0.3 is 0 Å². The highest BCUT2D eigenvalue weighted by Gasteiger charge is 2.20. The molecule has 0 radical (unpaired) electrons. The molecule has 10 aromatic rings. The second-order valence-electron chi connectivity index (χ2n) is 12.5. The van der Waals surface area contributed by atoms with Crippen molar-refractivity contribution in [2.75, 3.05) is 4.90 Å². The van der Waals surface area contributed by atoms with Gasteiger partial charge in [-0.05, 0) is 97.2 Å². The number of nitrogens with zero attached hydrogens (tertiary/aromatic N) is 1. The fraction of sp³-hybridized carbons (Fsp3) is 0. The van der Waals surface area contributed by atoms with Gasteiger partial charge in [0.25, 0.3) is 0 Å². The number of para-hydroxylation sites is 2. The van der Waals surface area contributed by atoms with Gasteiger partial charge in [-0.1, -0.05) is 127 Å². The minimum absolute atomic E-state index is 0.888. The van der Waals surface area contributed by atoms with Crippen LogP contribution in [0, 0.1) is 0 Å². The lowest BCUT2D eigenvalue weighted by Crippen LogP contribution is -2.11. The van der Waals surface area contributed by atoms with Crippen LogP contribution in [0.15, 0.2) is 180 Å². The molecular weight excluding hydrogens is 583 g/mol. The Morgan fingerprint density at radius 1 is 0.333 bits per heavy atom. The van der Waals surface area contributed by atoms with Gasteiger partial charge in [-0.15, -0.1) is 0 Å². The van der Waals surface area contributed by atoms with Crippen LogP contribution in [-0.4, -0.2) is 0 Å². The predicted molar refractivity (Wildman–Crippen MR) is 204 cm³/mol. The summed E-state index contributed by atoms with van der Waals surface area (Å²) in [6.07, 6.45) is 0. The van der Waals surface area contributed by atoms with Gasteiger partial charge in [0.15, 0.2) is 0 Å². The lowest BCUT2D eigenvalue weighted by Gasteiger charge is -2.28. The molecule has 0 aliphatic heterocycles. The van der Waals surface area contributed by atoms with Crippen molar-refractivity contribution in [1.82, 2.24) is 0 Å². The van der Waals surface area contributed by atoms with Crippen LogP contribution in [0.25, 0.3) is 76.2 Å². The van der Waals surface area contributed by atoms with E-state index >= 15 is 0 Å². The first kappa shape index (κ1) is 26.8. The molecule has 9 aromatic carbocycles. The Labute approximate surface area is 277 Å². The van der Waals surface area contributed by atoms with Gasteiger partial charge in [0, 0.05) is 27.7 Å². The molecule has 0 aliphatic carbocycles. The molecule has 1 heterocycles. The van der Waals surface area contributed by atoms with E-state index in [0.29, 0.717) is 0 Å². The predicted octanol–water partition coefficient (Wildman–Crippen LogP) is 13.3. The smallest absolute Gasteiger partial charge is 0.135 e. The zero-order valence-corrected chi connectivity index (χ0v) is 26.1. The standard InChI is InChI=1S/C46H29NO/c1-2-11-33-27-34(18-17-30(33)9-1)38-13-5-7-15-44(38)47(36-23-26-46-43(29-36)41-14-6-8-16-45(41)48-46)35-22-19-32-21-24-39-37-12-4-3-10-31(37)20-25-40(39)42(32)28-35/h1-29H. The van der Waals surface area contributed by atoms with Gasteiger partial charge in [0.1, 0.15) is 11.2 Å². The number of anilines is 3. The highest BCUT2D eigenvalue weighted by molar-refractivity contribution is 6.18. The maximum absolute atomic E-state index is 6.25. The summed E-state index contributed by atoms with van der Waals surface area (Å²) in [5.41, 5.74) is 7.43. The number of hydrogen-bond acceptors (Lipinski definition) is 2. The average molecular weight is 612 g/mol. The van der Waals surface area contributed by atoms with E-state index in [-0.39, 0.29) is 0 Å². The Kier molecular flexibility index (Phi) is 5.91. The monoisotopic (exact) mass is 611 g/mol. The molecular formula is C46H29NO. The molecule has 0 bridgehead atoms. The lowest BCUT2D eigenvalue weighted by atomic mass is 9.96. The van der Waals surface area contributed by atoms with Crippen molar-refractivity contribution in [2.24, 2.45) is 0 Å². The summed E-state index contributed by atoms with van der Waals surface area (Å²) >= 11 is 0. The molecule has 0 N–H and O–H groups in total. The van der Waals surface area contributed by atoms with Gasteiger partial charge in [-0.3, -0.25) is 0 Å². The topological polar surface area (TPSA) is 16.4 Å². The quantitative estimate of drug-likeness (QED) is 0.184. The second-order valence-corrected chi connectivity index (χ2v) is 12.5. The Balaban J connectivity index is 1.25. The second kappa shape index (κ2) is 10.6. The van der Waals surface area contributed by atoms with Crippen LogP contribution < -0.4 is 4.90 Å². The molecule has 2 heteroatoms. The molecule has 10 rings (SSSR count). The molecule has 0 aliphatic rings. The van der Waals surface area contributed by atoms with Crippen LogP contribution in [-0.2, 0) is 0 Å². The number of hydrogen-bond donors (Lipinski definition) is 0. The maximum atomic E-state index is 6.25. The van der Waals surface area contributed by atoms with E-state index in [0.717, 1.165) is 39.0 Å². The van der Waals surface area contributed by atoms with Crippen LogP contribution in [0.1, 0.15) is 0 Å². The minimum atomic E-state index is 0.888. The molecule has 0 saturated carbocycles. The van der Waals surface area contributed by atoms with Crippen molar-refractivity contribution in [1.29, 1.82) is 0 Å². The zero-order valence-electron chi connectivity index (χ0n) is 26.1. The van der Waals surface area contributed by atoms with Gasteiger partial charge < -0.3 is 9.32 Å². The van der Waals surface area contributed by atoms with Crippen LogP contribution >= 0.6 is 0 Å². The molecule has 48 heavy (non-hydrogen) atoms. The van der Waals surface area contributed by atoms with Crippen molar-refractivity contribution in [3.8, 4) is 11.1 Å². The van der Waals surface area contributed by atoms with E-state index in [1.807, 2.05) is 12.1 Å². The van der Waals surface area contributed by atoms with Crippen LogP contribution in [0.5, 0.6) is 0 Å². The van der Waals surface area contributed by atoms with Crippen molar-refractivity contribution < 1.29 is 4.42 Å². The molecule has 0 fully saturated rings. The summed E-state index contributed by atoms with van der Waals surface area (Å²) in [6.45, 7) is 0. The third-order valence-corrected chi connectivity index (χ3v) is 9.81. The maximum Gasteiger partial charge on any atom is 0.135 e. The van der Waals surface area contributed by atoms with Gasteiger partial charge in [-0.25, -0.2) is 0 Å². The molecule has 224 valence electrons. The van der Waals surface area contributed by atoms with Crippen LogP contribution in [0.2, 0.25) is 0 Å². The number of rotatable bonds is 4. The van der Waals surface area contributed by atoms with Crippen molar-refractivity contribution in [3.63, 3.8) is 0 Å². The molecule has 1 aromatic heterocycles. The molecule has 0 amide bonds. The van der Waals surface area contributed by atoms with E-state index in [1.54, 1.807) is 0 Å². The highest BCUT2D eigenvalue weighted by atomic mass is 16.3. The van der Waals surface area contributed by atoms with E-state index in [4.69, 9.17) is 4.42 Å². The third kappa shape index (κ3) is 4.20. The number of benzene rings is 9. The third-order valence-electron chi connectivity index (χ3n) is 9.81. The van der Waals surface area contributed by atoms with Gasteiger partial charge in [0.2, 0.25) is 0 Å². The zero-order chi connectivity index (χ0) is 31.6. The number of fused-ring (bicyclic) bond motifs is 9. The van der Waals surface area contributed by atoms with Crippen molar-refractivity contribution in [2.45, 2.75) is 0 Å². The summed E-state index contributed by atoms with van der Waals surface area (Å²) < 4.78 is 6.25. The molecule has 0 saturated heterocycles. The summed E-state index contributed by atoms with van der Waals surface area (Å²) in [6, 6.07) is 63.5. The Bertz CT molecular complexity index is 2860. The average Bonchev–Trinajstić information content (AvgIpc) is 3.53. The van der Waals surface area contributed by atoms with Crippen molar-refractivity contribution >= 4 is 82.1 Å². The van der Waals surface area contributed by atoms with E-state index in [9.17, 15) is 0 Å². The van der Waals surface area contributed by atoms with E-state index in [1.165, 1.54) is 54.2 Å². The number of furan rings is 1. The van der Waals surface area contributed by atoms with Crippen LogP contribution in [0.4, 0.5) is 17.1 Å². The molecule has 0 unspecified atom stereocenters. The first-order valence-electron chi connectivity index (χ1n) is 16.4. The minimum Gasteiger partial charge on any atom is -0.456 e. The summed E-state index contributed by atoms with van der Waals surface area (Å²) in [5, 5.41) is 12.2. The Morgan fingerprint density at radius 3 is 1.79 bits per heavy atom.